The van der Waals surface area contributed by atoms with E-state index in [1.807, 2.05) is 0 Å². The summed E-state index contributed by atoms with van der Waals surface area (Å²) in [5, 5.41) is 15.3. The number of rotatable bonds is 2. The molecule has 2 unspecified atom stereocenters. The highest BCUT2D eigenvalue weighted by Crippen LogP contribution is 2.57. The molecule has 2 aliphatic rings. The molecule has 1 fully saturated rings. The van der Waals surface area contributed by atoms with E-state index in [-0.39, 0.29) is 0 Å². The third-order valence-corrected chi connectivity index (χ3v) is 6.21. The monoisotopic (exact) mass is 288 g/mol. The third kappa shape index (κ3) is 1.76. The van der Waals surface area contributed by atoms with E-state index < -0.39 is 5.60 Å². The molecule has 19 heavy (non-hydrogen) atoms. The van der Waals surface area contributed by atoms with Crippen LogP contribution in [0.15, 0.2) is 35.0 Å². The Morgan fingerprint density at radius 2 is 1.84 bits per heavy atom. The zero-order valence-corrected chi connectivity index (χ0v) is 12.3. The fourth-order valence-electron chi connectivity index (χ4n) is 3.72. The van der Waals surface area contributed by atoms with E-state index >= 15 is 0 Å². The molecule has 1 nitrogen and oxygen atoms in total. The van der Waals surface area contributed by atoms with E-state index in [1.165, 1.54) is 27.3 Å². The number of hydrogen-bond donors (Lipinski definition) is 1. The lowest BCUT2D eigenvalue weighted by molar-refractivity contribution is 0.0597. The molecule has 0 saturated heterocycles. The van der Waals surface area contributed by atoms with Gasteiger partial charge in [-0.1, -0.05) is 12.1 Å². The fourth-order valence-corrected chi connectivity index (χ4v) is 5.46. The van der Waals surface area contributed by atoms with Crippen LogP contribution >= 0.6 is 22.7 Å². The number of aliphatic hydroxyl groups is 1. The Morgan fingerprint density at radius 1 is 1.11 bits per heavy atom. The van der Waals surface area contributed by atoms with Crippen molar-refractivity contribution in [1.29, 1.82) is 0 Å². The van der Waals surface area contributed by atoms with Crippen LogP contribution in [0.25, 0.3) is 11.1 Å². The molecule has 98 valence electrons. The van der Waals surface area contributed by atoms with Gasteiger partial charge in [-0.15, -0.1) is 22.7 Å². The van der Waals surface area contributed by atoms with Crippen molar-refractivity contribution in [3.05, 3.63) is 44.8 Å². The minimum absolute atomic E-state index is 0.550. The summed E-state index contributed by atoms with van der Waals surface area (Å²) < 4.78 is 0. The van der Waals surface area contributed by atoms with Crippen LogP contribution in [0.3, 0.4) is 0 Å². The van der Waals surface area contributed by atoms with Gasteiger partial charge in [-0.05, 0) is 60.1 Å². The van der Waals surface area contributed by atoms with Gasteiger partial charge >= 0.3 is 0 Å². The standard InChI is InChI=1S/C16H16OS2/c17-16-7-1-4-11(10-16)14(12-5-2-8-18-12)15(16)13-6-3-9-19-13/h2-3,5-6,8-9,11,17H,1,4,7,10H2. The molecular formula is C16H16OS2. The Hall–Kier alpha value is -0.900. The zero-order chi connectivity index (χ0) is 12.9. The molecule has 2 aromatic rings. The lowest BCUT2D eigenvalue weighted by Gasteiger charge is -2.30. The highest BCUT2D eigenvalue weighted by molar-refractivity contribution is 7.12. The molecule has 2 heterocycles. The SMILES string of the molecule is OC12CCCC(C1)C(c1cccs1)=C2c1cccs1. The van der Waals surface area contributed by atoms with E-state index in [1.54, 1.807) is 22.7 Å². The number of hydrogen-bond acceptors (Lipinski definition) is 3. The maximum atomic E-state index is 11.1. The predicted octanol–water partition coefficient (Wildman–Crippen LogP) is 4.66. The molecule has 0 amide bonds. The first-order valence-electron chi connectivity index (χ1n) is 6.83. The third-order valence-electron chi connectivity index (χ3n) is 4.42. The van der Waals surface area contributed by atoms with Crippen LogP contribution in [-0.2, 0) is 0 Å². The summed E-state index contributed by atoms with van der Waals surface area (Å²) in [6, 6.07) is 8.57. The largest absolute Gasteiger partial charge is 0.385 e. The van der Waals surface area contributed by atoms with E-state index in [0.717, 1.165) is 19.3 Å². The molecule has 0 aliphatic heterocycles. The molecule has 2 aliphatic carbocycles. The van der Waals surface area contributed by atoms with Gasteiger partial charge in [-0.2, -0.15) is 0 Å². The summed E-state index contributed by atoms with van der Waals surface area (Å²) in [5.41, 5.74) is 2.08. The highest BCUT2D eigenvalue weighted by atomic mass is 32.1. The summed E-state index contributed by atoms with van der Waals surface area (Å²) in [5.74, 6) is 0.550. The van der Waals surface area contributed by atoms with Crippen LogP contribution in [0.4, 0.5) is 0 Å². The fraction of sp³-hybridized carbons (Fsp3) is 0.375. The summed E-state index contributed by atoms with van der Waals surface area (Å²) in [6.45, 7) is 0. The minimum atomic E-state index is -0.576. The molecule has 2 aromatic heterocycles. The second kappa shape index (κ2) is 4.30. The van der Waals surface area contributed by atoms with Crippen LogP contribution in [0.1, 0.15) is 35.4 Å². The van der Waals surface area contributed by atoms with Crippen LogP contribution in [0, 0.1) is 5.92 Å². The lowest BCUT2D eigenvalue weighted by atomic mass is 9.81. The van der Waals surface area contributed by atoms with Crippen molar-refractivity contribution < 1.29 is 5.11 Å². The highest BCUT2D eigenvalue weighted by Gasteiger charge is 2.48. The van der Waals surface area contributed by atoms with Crippen LogP contribution < -0.4 is 0 Å². The Morgan fingerprint density at radius 3 is 2.53 bits per heavy atom. The zero-order valence-electron chi connectivity index (χ0n) is 10.6. The quantitative estimate of drug-likeness (QED) is 0.852. The van der Waals surface area contributed by atoms with Crippen molar-refractivity contribution in [3.63, 3.8) is 0 Å². The summed E-state index contributed by atoms with van der Waals surface area (Å²) in [7, 11) is 0. The van der Waals surface area contributed by atoms with Crippen molar-refractivity contribution in [2.75, 3.05) is 0 Å². The van der Waals surface area contributed by atoms with Crippen molar-refractivity contribution in [2.45, 2.75) is 31.3 Å². The topological polar surface area (TPSA) is 20.2 Å². The maximum absolute atomic E-state index is 11.1. The average molecular weight is 288 g/mol. The first-order valence-corrected chi connectivity index (χ1v) is 8.59. The van der Waals surface area contributed by atoms with Gasteiger partial charge in [0.1, 0.15) is 0 Å². The molecule has 2 bridgehead atoms. The first-order chi connectivity index (χ1) is 9.28. The van der Waals surface area contributed by atoms with Crippen molar-refractivity contribution in [2.24, 2.45) is 5.92 Å². The smallest absolute Gasteiger partial charge is 0.0919 e. The van der Waals surface area contributed by atoms with E-state index in [9.17, 15) is 5.11 Å². The second-order valence-electron chi connectivity index (χ2n) is 5.57. The summed E-state index contributed by atoms with van der Waals surface area (Å²) >= 11 is 3.56. The van der Waals surface area contributed by atoms with Gasteiger partial charge in [0.2, 0.25) is 0 Å². The Bertz CT molecular complexity index is 609. The summed E-state index contributed by atoms with van der Waals surface area (Å²) in [6.07, 6.45) is 4.22. The second-order valence-corrected chi connectivity index (χ2v) is 7.46. The van der Waals surface area contributed by atoms with E-state index in [0.29, 0.717) is 5.92 Å². The average Bonchev–Trinajstić information content (AvgIpc) is 3.10. The van der Waals surface area contributed by atoms with Gasteiger partial charge in [0.15, 0.2) is 0 Å². The van der Waals surface area contributed by atoms with Crippen LogP contribution in [0.5, 0.6) is 0 Å². The van der Waals surface area contributed by atoms with Gasteiger partial charge in [-0.3, -0.25) is 0 Å². The molecule has 1 saturated carbocycles. The molecule has 4 rings (SSSR count). The molecule has 0 spiro atoms. The van der Waals surface area contributed by atoms with Gasteiger partial charge in [0, 0.05) is 15.3 Å². The number of allylic oxidation sites excluding steroid dienone is 1. The first kappa shape index (κ1) is 11.9. The van der Waals surface area contributed by atoms with E-state index in [4.69, 9.17) is 0 Å². The molecule has 0 aromatic carbocycles. The Balaban J connectivity index is 1.96. The van der Waals surface area contributed by atoms with E-state index in [2.05, 4.69) is 35.0 Å². The van der Waals surface area contributed by atoms with Gasteiger partial charge in [0.05, 0.1) is 5.60 Å². The Kier molecular flexibility index (Phi) is 2.69. The molecule has 1 N–H and O–H groups in total. The lowest BCUT2D eigenvalue weighted by Crippen LogP contribution is -2.30. The van der Waals surface area contributed by atoms with Crippen molar-refractivity contribution in [3.8, 4) is 0 Å². The van der Waals surface area contributed by atoms with Crippen molar-refractivity contribution in [1.82, 2.24) is 0 Å². The Labute approximate surface area is 121 Å². The van der Waals surface area contributed by atoms with Gasteiger partial charge < -0.3 is 5.11 Å². The van der Waals surface area contributed by atoms with Crippen molar-refractivity contribution >= 4 is 33.8 Å². The van der Waals surface area contributed by atoms with Crippen LogP contribution in [-0.4, -0.2) is 10.7 Å². The summed E-state index contributed by atoms with van der Waals surface area (Å²) in [4.78, 5) is 2.61. The number of fused-ring (bicyclic) bond motifs is 2. The number of thiophene rings is 2. The minimum Gasteiger partial charge on any atom is -0.385 e. The molecule has 3 heteroatoms. The molecule has 2 atom stereocenters. The molecular weight excluding hydrogens is 272 g/mol. The van der Waals surface area contributed by atoms with Gasteiger partial charge in [-0.25, -0.2) is 0 Å². The van der Waals surface area contributed by atoms with Crippen LogP contribution in [0.2, 0.25) is 0 Å². The predicted molar refractivity (Wildman–Crippen MR) is 82.4 cm³/mol. The molecule has 0 radical (unpaired) electrons. The van der Waals surface area contributed by atoms with Gasteiger partial charge in [0.25, 0.3) is 0 Å². The maximum Gasteiger partial charge on any atom is 0.0919 e. The normalized spacial score (nSPS) is 30.1.